The molecule has 0 spiro atoms. The largest absolute Gasteiger partial charge is 0.506 e. The van der Waals surface area contributed by atoms with Crippen molar-refractivity contribution in [3.05, 3.63) is 59.0 Å². The molecule has 1 saturated heterocycles. The summed E-state index contributed by atoms with van der Waals surface area (Å²) in [5.74, 6) is 0.581. The van der Waals surface area contributed by atoms with Crippen molar-refractivity contribution in [1.82, 2.24) is 5.32 Å². The summed E-state index contributed by atoms with van der Waals surface area (Å²) < 4.78 is 5.17. The van der Waals surface area contributed by atoms with Crippen LogP contribution in [0.3, 0.4) is 0 Å². The van der Waals surface area contributed by atoms with Gasteiger partial charge in [0.2, 0.25) is 0 Å². The molecule has 0 atom stereocenters. The minimum atomic E-state index is -0.216. The van der Waals surface area contributed by atoms with Gasteiger partial charge in [-0.3, -0.25) is 4.79 Å². The van der Waals surface area contributed by atoms with Crippen LogP contribution in [0.15, 0.2) is 58.4 Å². The molecule has 1 fully saturated rings. The quantitative estimate of drug-likeness (QED) is 0.849. The van der Waals surface area contributed by atoms with E-state index in [1.807, 2.05) is 24.3 Å². The lowest BCUT2D eigenvalue weighted by Gasteiger charge is -2.00. The Morgan fingerprint density at radius 1 is 1.22 bits per heavy atom. The molecule has 0 radical (unpaired) electrons. The van der Waals surface area contributed by atoms with Gasteiger partial charge in [0.1, 0.15) is 17.2 Å². The fourth-order valence-corrected chi connectivity index (χ4v) is 2.87. The fraction of sp³-hybridized carbons (Fsp3) is 0.0588. The van der Waals surface area contributed by atoms with Gasteiger partial charge in [0.15, 0.2) is 5.17 Å². The number of ether oxygens (including phenoxy) is 1. The monoisotopic (exact) mass is 326 g/mol. The van der Waals surface area contributed by atoms with Crippen LogP contribution < -0.4 is 10.1 Å². The van der Waals surface area contributed by atoms with Gasteiger partial charge in [-0.05, 0) is 47.7 Å². The summed E-state index contributed by atoms with van der Waals surface area (Å²) >= 11 is 1.23. The van der Waals surface area contributed by atoms with E-state index in [1.165, 1.54) is 11.8 Å². The van der Waals surface area contributed by atoms with Gasteiger partial charge in [-0.1, -0.05) is 24.3 Å². The second kappa shape index (κ2) is 6.58. The second-order valence-electron chi connectivity index (χ2n) is 4.75. The average molecular weight is 326 g/mol. The van der Waals surface area contributed by atoms with Crippen LogP contribution in [-0.2, 0) is 4.79 Å². The first-order valence-electron chi connectivity index (χ1n) is 6.87. The summed E-state index contributed by atoms with van der Waals surface area (Å²) in [7, 11) is 1.60. The Bertz CT molecular complexity index is 815. The van der Waals surface area contributed by atoms with Crippen LogP contribution in [0.2, 0.25) is 0 Å². The van der Waals surface area contributed by atoms with Crippen molar-refractivity contribution >= 4 is 34.6 Å². The number of hydrogen-bond donors (Lipinski definition) is 2. The van der Waals surface area contributed by atoms with Crippen molar-refractivity contribution < 1.29 is 14.6 Å². The third-order valence-electron chi connectivity index (χ3n) is 3.15. The predicted molar refractivity (Wildman–Crippen MR) is 91.9 cm³/mol. The number of phenolic OH excluding ortho intramolecular Hbond substituents is 1. The summed E-state index contributed by atoms with van der Waals surface area (Å²) in [6.07, 6.45) is 1.77. The highest BCUT2D eigenvalue weighted by Gasteiger charge is 2.24. The zero-order valence-corrected chi connectivity index (χ0v) is 13.1. The number of benzene rings is 2. The zero-order valence-electron chi connectivity index (χ0n) is 12.3. The number of nitrogens with one attached hydrogen (secondary N) is 1. The lowest BCUT2D eigenvalue weighted by Crippen LogP contribution is -2.19. The number of carbonyl (C=O) groups excluding carboxylic acids is 1. The number of methoxy groups -OCH3 is 1. The summed E-state index contributed by atoms with van der Waals surface area (Å²) in [6, 6.07) is 14.2. The van der Waals surface area contributed by atoms with E-state index >= 15 is 0 Å². The maximum absolute atomic E-state index is 12.0. The van der Waals surface area contributed by atoms with Gasteiger partial charge < -0.3 is 15.2 Å². The predicted octanol–water partition coefficient (Wildman–Crippen LogP) is 3.29. The number of nitrogens with zero attached hydrogens (tertiary/aromatic N) is 1. The topological polar surface area (TPSA) is 70.9 Å². The van der Waals surface area contributed by atoms with Crippen molar-refractivity contribution in [2.45, 2.75) is 0 Å². The lowest BCUT2D eigenvalue weighted by molar-refractivity contribution is -0.115. The van der Waals surface area contributed by atoms with Crippen molar-refractivity contribution in [3.8, 4) is 11.5 Å². The number of aliphatic imine (C=N–C) groups is 1. The number of carbonyl (C=O) groups is 1. The SMILES string of the molecule is COc1cccc(C=C2SC(=Nc3ccccc3O)NC2=O)c1. The molecule has 116 valence electrons. The number of hydrogen-bond acceptors (Lipinski definition) is 5. The number of thioether (sulfide) groups is 1. The molecule has 1 aliphatic heterocycles. The summed E-state index contributed by atoms with van der Waals surface area (Å²) in [4.78, 5) is 16.8. The molecule has 2 N–H and O–H groups in total. The van der Waals surface area contributed by atoms with Crippen molar-refractivity contribution in [2.75, 3.05) is 7.11 Å². The van der Waals surface area contributed by atoms with Gasteiger partial charge in [-0.25, -0.2) is 4.99 Å². The van der Waals surface area contributed by atoms with Crippen molar-refractivity contribution in [3.63, 3.8) is 0 Å². The molecular formula is C17H14N2O3S. The van der Waals surface area contributed by atoms with Crippen LogP contribution >= 0.6 is 11.8 Å². The summed E-state index contributed by atoms with van der Waals surface area (Å²) in [5, 5.41) is 12.9. The van der Waals surface area contributed by atoms with Gasteiger partial charge in [0, 0.05) is 0 Å². The highest BCUT2D eigenvalue weighted by atomic mass is 32.2. The Labute approximate surface area is 137 Å². The molecule has 5 nitrogen and oxygen atoms in total. The minimum Gasteiger partial charge on any atom is -0.506 e. The smallest absolute Gasteiger partial charge is 0.264 e. The first kappa shape index (κ1) is 15.2. The standard InChI is InChI=1S/C17H14N2O3S/c1-22-12-6-4-5-11(9-12)10-15-16(21)19-17(23-15)18-13-7-2-3-8-14(13)20/h2-10,20H,1H3,(H,18,19,21). The molecule has 23 heavy (non-hydrogen) atoms. The molecule has 0 bridgehead atoms. The Morgan fingerprint density at radius 2 is 2.04 bits per heavy atom. The van der Waals surface area contributed by atoms with E-state index in [9.17, 15) is 9.90 Å². The molecule has 6 heteroatoms. The molecule has 0 aromatic heterocycles. The number of para-hydroxylation sites is 2. The Balaban J connectivity index is 1.85. The highest BCUT2D eigenvalue weighted by molar-refractivity contribution is 8.18. The minimum absolute atomic E-state index is 0.0695. The van der Waals surface area contributed by atoms with E-state index in [-0.39, 0.29) is 11.7 Å². The first-order chi connectivity index (χ1) is 11.2. The number of aromatic hydroxyl groups is 1. The van der Waals surface area contributed by atoms with E-state index in [0.717, 1.165) is 11.3 Å². The molecule has 0 saturated carbocycles. The molecule has 1 aliphatic rings. The number of phenols is 1. The van der Waals surface area contributed by atoms with Crippen LogP contribution in [-0.4, -0.2) is 23.3 Å². The number of amidine groups is 1. The van der Waals surface area contributed by atoms with Crippen molar-refractivity contribution in [2.24, 2.45) is 4.99 Å². The first-order valence-corrected chi connectivity index (χ1v) is 7.69. The molecular weight excluding hydrogens is 312 g/mol. The molecule has 2 aromatic rings. The second-order valence-corrected chi connectivity index (χ2v) is 5.78. The molecule has 2 aromatic carbocycles. The Kier molecular flexibility index (Phi) is 4.34. The average Bonchev–Trinajstić information content (AvgIpc) is 2.89. The maximum Gasteiger partial charge on any atom is 0.264 e. The molecule has 0 unspecified atom stereocenters. The molecule has 1 heterocycles. The zero-order chi connectivity index (χ0) is 16.2. The van der Waals surface area contributed by atoms with E-state index in [4.69, 9.17) is 4.74 Å². The highest BCUT2D eigenvalue weighted by Crippen LogP contribution is 2.31. The summed E-state index contributed by atoms with van der Waals surface area (Å²) in [5.41, 5.74) is 1.28. The lowest BCUT2D eigenvalue weighted by atomic mass is 10.2. The van der Waals surface area contributed by atoms with Crippen molar-refractivity contribution in [1.29, 1.82) is 0 Å². The molecule has 1 amide bonds. The maximum atomic E-state index is 12.0. The van der Waals surface area contributed by atoms with Crippen LogP contribution in [0.25, 0.3) is 6.08 Å². The number of amides is 1. The Morgan fingerprint density at radius 3 is 2.83 bits per heavy atom. The van der Waals surface area contributed by atoms with Crippen LogP contribution in [0.4, 0.5) is 5.69 Å². The van der Waals surface area contributed by atoms with Gasteiger partial charge >= 0.3 is 0 Å². The summed E-state index contributed by atoms with van der Waals surface area (Å²) in [6.45, 7) is 0. The third kappa shape index (κ3) is 3.54. The van der Waals surface area contributed by atoms with Gasteiger partial charge in [0.05, 0.1) is 12.0 Å². The van der Waals surface area contributed by atoms with Gasteiger partial charge in [-0.2, -0.15) is 0 Å². The van der Waals surface area contributed by atoms with Gasteiger partial charge in [-0.15, -0.1) is 0 Å². The van der Waals surface area contributed by atoms with Gasteiger partial charge in [0.25, 0.3) is 5.91 Å². The van der Waals surface area contributed by atoms with Crippen LogP contribution in [0, 0.1) is 0 Å². The van der Waals surface area contributed by atoms with Crippen LogP contribution in [0.1, 0.15) is 5.56 Å². The normalized spacial score (nSPS) is 17.5. The Hall–Kier alpha value is -2.73. The fourth-order valence-electron chi connectivity index (χ4n) is 2.03. The van der Waals surface area contributed by atoms with Crippen LogP contribution in [0.5, 0.6) is 11.5 Å². The third-order valence-corrected chi connectivity index (χ3v) is 4.06. The number of rotatable bonds is 3. The van der Waals surface area contributed by atoms with E-state index < -0.39 is 0 Å². The van der Waals surface area contributed by atoms with E-state index in [2.05, 4.69) is 10.3 Å². The molecule has 0 aliphatic carbocycles. The van der Waals surface area contributed by atoms with E-state index in [1.54, 1.807) is 37.5 Å². The van der Waals surface area contributed by atoms with E-state index in [0.29, 0.717) is 15.8 Å². The molecule has 3 rings (SSSR count).